The largest absolute Gasteiger partial charge is 0.310 e. The number of rotatable bonds is 3. The van der Waals surface area contributed by atoms with Gasteiger partial charge in [0.15, 0.2) is 0 Å². The standard InChI is InChI=1S/C10H11BrClN/c11-9-4-1-7(5-10(9)12)6-13-8-2-3-8/h1,4-5,8,13H,2-3,6H2. The summed E-state index contributed by atoms with van der Waals surface area (Å²) in [6.45, 7) is 0.928. The second-order valence-corrected chi connectivity index (χ2v) is 4.67. The van der Waals surface area contributed by atoms with Crippen molar-refractivity contribution in [2.24, 2.45) is 0 Å². The smallest absolute Gasteiger partial charge is 0.0551 e. The topological polar surface area (TPSA) is 12.0 Å². The molecule has 1 aromatic carbocycles. The van der Waals surface area contributed by atoms with Gasteiger partial charge in [0.05, 0.1) is 5.02 Å². The monoisotopic (exact) mass is 259 g/mol. The molecule has 1 aromatic rings. The van der Waals surface area contributed by atoms with Crippen LogP contribution in [0.1, 0.15) is 18.4 Å². The van der Waals surface area contributed by atoms with Crippen LogP contribution in [0.25, 0.3) is 0 Å². The van der Waals surface area contributed by atoms with Crippen LogP contribution in [0, 0.1) is 0 Å². The molecule has 3 heteroatoms. The van der Waals surface area contributed by atoms with Crippen LogP contribution in [0.5, 0.6) is 0 Å². The maximum absolute atomic E-state index is 5.97. The predicted octanol–water partition coefficient (Wildman–Crippen LogP) is 3.35. The average molecular weight is 261 g/mol. The van der Waals surface area contributed by atoms with E-state index in [0.29, 0.717) is 0 Å². The third kappa shape index (κ3) is 2.70. The summed E-state index contributed by atoms with van der Waals surface area (Å²) >= 11 is 9.34. The molecule has 1 N–H and O–H groups in total. The van der Waals surface area contributed by atoms with Crippen molar-refractivity contribution in [1.82, 2.24) is 5.32 Å². The Kier molecular flexibility index (Phi) is 2.92. The molecule has 0 aliphatic heterocycles. The van der Waals surface area contributed by atoms with Crippen LogP contribution < -0.4 is 5.32 Å². The molecule has 2 rings (SSSR count). The lowest BCUT2D eigenvalue weighted by Crippen LogP contribution is -2.15. The molecule has 1 aliphatic rings. The van der Waals surface area contributed by atoms with Crippen molar-refractivity contribution >= 4 is 27.5 Å². The summed E-state index contributed by atoms with van der Waals surface area (Å²) in [5, 5.41) is 4.23. The Hall–Kier alpha value is -0.0500. The van der Waals surface area contributed by atoms with Gasteiger partial charge in [-0.05, 0) is 46.5 Å². The molecule has 0 saturated heterocycles. The number of nitrogens with one attached hydrogen (secondary N) is 1. The zero-order valence-electron chi connectivity index (χ0n) is 7.19. The summed E-state index contributed by atoms with van der Waals surface area (Å²) < 4.78 is 0.962. The van der Waals surface area contributed by atoms with Gasteiger partial charge in [-0.1, -0.05) is 17.7 Å². The van der Waals surface area contributed by atoms with E-state index in [1.165, 1.54) is 18.4 Å². The quantitative estimate of drug-likeness (QED) is 0.879. The van der Waals surface area contributed by atoms with Gasteiger partial charge in [0.1, 0.15) is 0 Å². The molecule has 0 bridgehead atoms. The van der Waals surface area contributed by atoms with Crippen molar-refractivity contribution in [3.05, 3.63) is 33.3 Å². The van der Waals surface area contributed by atoms with Gasteiger partial charge in [0.25, 0.3) is 0 Å². The molecule has 1 fully saturated rings. The van der Waals surface area contributed by atoms with Crippen molar-refractivity contribution < 1.29 is 0 Å². The molecule has 0 amide bonds. The van der Waals surface area contributed by atoms with Crippen LogP contribution in [0.15, 0.2) is 22.7 Å². The van der Waals surface area contributed by atoms with Crippen molar-refractivity contribution in [2.45, 2.75) is 25.4 Å². The summed E-state index contributed by atoms with van der Waals surface area (Å²) in [5.74, 6) is 0. The van der Waals surface area contributed by atoms with Crippen molar-refractivity contribution in [1.29, 1.82) is 0 Å². The predicted molar refractivity (Wildman–Crippen MR) is 59.0 cm³/mol. The Morgan fingerprint density at radius 3 is 2.85 bits per heavy atom. The fourth-order valence-electron chi connectivity index (χ4n) is 1.20. The zero-order chi connectivity index (χ0) is 9.26. The SMILES string of the molecule is Clc1cc(CNC2CC2)ccc1Br. The van der Waals surface area contributed by atoms with Gasteiger partial charge in [-0.15, -0.1) is 0 Å². The first kappa shape index (κ1) is 9.50. The Morgan fingerprint density at radius 1 is 1.46 bits per heavy atom. The Morgan fingerprint density at radius 2 is 2.23 bits per heavy atom. The highest BCUT2D eigenvalue weighted by Gasteiger charge is 2.19. The molecule has 70 valence electrons. The first-order valence-electron chi connectivity index (χ1n) is 4.43. The fourth-order valence-corrected chi connectivity index (χ4v) is 1.65. The number of halogens is 2. The Bertz CT molecular complexity index is 310. The highest BCUT2D eigenvalue weighted by molar-refractivity contribution is 9.10. The third-order valence-electron chi connectivity index (χ3n) is 2.16. The van der Waals surface area contributed by atoms with Gasteiger partial charge in [-0.25, -0.2) is 0 Å². The molecule has 1 saturated carbocycles. The van der Waals surface area contributed by atoms with Crippen LogP contribution in [-0.4, -0.2) is 6.04 Å². The summed E-state index contributed by atoms with van der Waals surface area (Å²) in [5.41, 5.74) is 1.25. The summed E-state index contributed by atoms with van der Waals surface area (Å²) in [4.78, 5) is 0. The molecule has 0 unspecified atom stereocenters. The van der Waals surface area contributed by atoms with E-state index < -0.39 is 0 Å². The van der Waals surface area contributed by atoms with E-state index in [1.807, 2.05) is 12.1 Å². The van der Waals surface area contributed by atoms with Crippen LogP contribution in [0.3, 0.4) is 0 Å². The molecule has 0 aromatic heterocycles. The summed E-state index contributed by atoms with van der Waals surface area (Å²) in [6, 6.07) is 6.83. The van der Waals surface area contributed by atoms with E-state index in [9.17, 15) is 0 Å². The lowest BCUT2D eigenvalue weighted by Gasteiger charge is -2.04. The second kappa shape index (κ2) is 3.99. The van der Waals surface area contributed by atoms with Gasteiger partial charge in [-0.2, -0.15) is 0 Å². The molecule has 0 heterocycles. The van der Waals surface area contributed by atoms with Gasteiger partial charge >= 0.3 is 0 Å². The Labute approximate surface area is 91.6 Å². The van der Waals surface area contributed by atoms with Crippen molar-refractivity contribution in [3.63, 3.8) is 0 Å². The average Bonchev–Trinajstić information content (AvgIpc) is 2.91. The highest BCUT2D eigenvalue weighted by Crippen LogP contribution is 2.24. The van der Waals surface area contributed by atoms with Crippen LogP contribution in [0.4, 0.5) is 0 Å². The summed E-state index contributed by atoms with van der Waals surface area (Å²) in [6.07, 6.45) is 2.65. The Balaban J connectivity index is 1.98. The maximum atomic E-state index is 5.97. The lowest BCUT2D eigenvalue weighted by molar-refractivity contribution is 0.688. The van der Waals surface area contributed by atoms with Crippen LogP contribution in [0.2, 0.25) is 5.02 Å². The zero-order valence-corrected chi connectivity index (χ0v) is 9.53. The summed E-state index contributed by atoms with van der Waals surface area (Å²) in [7, 11) is 0. The molecule has 0 radical (unpaired) electrons. The number of hydrogen-bond donors (Lipinski definition) is 1. The van der Waals surface area contributed by atoms with Gasteiger partial charge in [0, 0.05) is 17.1 Å². The number of hydrogen-bond acceptors (Lipinski definition) is 1. The van der Waals surface area contributed by atoms with E-state index in [2.05, 4.69) is 27.3 Å². The first-order chi connectivity index (χ1) is 6.25. The molecular formula is C10H11BrClN. The van der Waals surface area contributed by atoms with Crippen LogP contribution in [-0.2, 0) is 6.54 Å². The van der Waals surface area contributed by atoms with E-state index in [4.69, 9.17) is 11.6 Å². The lowest BCUT2D eigenvalue weighted by atomic mass is 10.2. The van der Waals surface area contributed by atoms with Crippen LogP contribution >= 0.6 is 27.5 Å². The molecule has 1 aliphatic carbocycles. The molecule has 0 spiro atoms. The minimum Gasteiger partial charge on any atom is -0.310 e. The minimum absolute atomic E-state index is 0.752. The fraction of sp³-hybridized carbons (Fsp3) is 0.400. The van der Waals surface area contributed by atoms with Gasteiger partial charge in [-0.3, -0.25) is 0 Å². The molecule has 0 atom stereocenters. The van der Waals surface area contributed by atoms with Crippen molar-refractivity contribution in [3.8, 4) is 0 Å². The highest BCUT2D eigenvalue weighted by atomic mass is 79.9. The van der Waals surface area contributed by atoms with Crippen molar-refractivity contribution in [2.75, 3.05) is 0 Å². The molecule has 13 heavy (non-hydrogen) atoms. The number of benzene rings is 1. The van der Waals surface area contributed by atoms with E-state index in [1.54, 1.807) is 0 Å². The first-order valence-corrected chi connectivity index (χ1v) is 5.60. The van der Waals surface area contributed by atoms with Gasteiger partial charge in [0.2, 0.25) is 0 Å². The molecule has 1 nitrogen and oxygen atoms in total. The third-order valence-corrected chi connectivity index (χ3v) is 3.39. The second-order valence-electron chi connectivity index (χ2n) is 3.40. The van der Waals surface area contributed by atoms with Gasteiger partial charge < -0.3 is 5.32 Å². The maximum Gasteiger partial charge on any atom is 0.0551 e. The normalized spacial score (nSPS) is 16.2. The minimum atomic E-state index is 0.752. The molecular weight excluding hydrogens is 249 g/mol. The van der Waals surface area contributed by atoms with E-state index in [0.717, 1.165) is 22.1 Å². The van der Waals surface area contributed by atoms with E-state index in [-0.39, 0.29) is 0 Å². The van der Waals surface area contributed by atoms with E-state index >= 15 is 0 Å².